The smallest absolute Gasteiger partial charge is 0.332 e. The molecule has 5 atom stereocenters. The van der Waals surface area contributed by atoms with E-state index < -0.39 is 58.9 Å². The highest BCUT2D eigenvalue weighted by Crippen LogP contribution is 2.36. The number of methoxy groups -OCH3 is 2. The molecule has 0 aromatic heterocycles. The average Bonchev–Trinajstić information content (AvgIpc) is 3.00. The summed E-state index contributed by atoms with van der Waals surface area (Å²) in [6.45, 7) is 11.1. The number of aliphatic hydroxyl groups excluding tert-OH is 1. The third-order valence-electron chi connectivity index (χ3n) is 8.60. The molecule has 1 unspecified atom stereocenters. The number of ether oxygens (including phenoxy) is 5. The van der Waals surface area contributed by atoms with Gasteiger partial charge in [-0.2, -0.15) is 0 Å². The molecule has 264 valence electrons. The molecule has 6 N–H and O–H groups in total. The number of hydrogen-bond donors (Lipinski definition) is 4. The Balaban J connectivity index is 2.41. The summed E-state index contributed by atoms with van der Waals surface area (Å²) in [5.41, 5.74) is 9.73. The van der Waals surface area contributed by atoms with E-state index in [-0.39, 0.29) is 24.8 Å². The van der Waals surface area contributed by atoms with Gasteiger partial charge in [0.25, 0.3) is 5.91 Å². The van der Waals surface area contributed by atoms with Crippen LogP contribution in [0, 0.1) is 23.2 Å². The van der Waals surface area contributed by atoms with E-state index in [0.29, 0.717) is 37.6 Å². The SMILES string of the molecule is COCCCOc1cc(C[C@@H](C[C@H](N)[C@H](O)C2OC(=O)/C=C/C(=O)O[C@@]2(C(=O)NCC(C)(C)C(N)=O)C(C)C)C(C)C)ccc1OC. The maximum absolute atomic E-state index is 13.9. The van der Waals surface area contributed by atoms with Crippen LogP contribution in [0.2, 0.25) is 0 Å². The van der Waals surface area contributed by atoms with Crippen molar-refractivity contribution >= 4 is 23.8 Å². The third-order valence-corrected chi connectivity index (χ3v) is 8.60. The molecule has 1 aromatic carbocycles. The fourth-order valence-corrected chi connectivity index (χ4v) is 5.33. The van der Waals surface area contributed by atoms with Crippen LogP contribution in [0.1, 0.15) is 59.9 Å². The Morgan fingerprint density at radius 3 is 2.30 bits per heavy atom. The van der Waals surface area contributed by atoms with Crippen LogP contribution >= 0.6 is 0 Å². The Hall–Kier alpha value is -3.68. The van der Waals surface area contributed by atoms with Gasteiger partial charge in [-0.05, 0) is 56.2 Å². The summed E-state index contributed by atoms with van der Waals surface area (Å²) in [5.74, 6) is -3.05. The molecule has 0 saturated heterocycles. The molecule has 0 spiro atoms. The molecule has 1 aliphatic heterocycles. The minimum absolute atomic E-state index is 0.0697. The first-order valence-corrected chi connectivity index (χ1v) is 15.9. The second-order valence-electron chi connectivity index (χ2n) is 13.3. The summed E-state index contributed by atoms with van der Waals surface area (Å²) in [5, 5.41) is 14.4. The van der Waals surface area contributed by atoms with Crippen molar-refractivity contribution in [2.45, 2.75) is 84.7 Å². The molecule has 13 nitrogen and oxygen atoms in total. The number of esters is 2. The lowest BCUT2D eigenvalue weighted by molar-refractivity contribution is -0.209. The molecular formula is C34H53N3O10. The lowest BCUT2D eigenvalue weighted by atomic mass is 9.76. The molecule has 1 aliphatic rings. The highest BCUT2D eigenvalue weighted by molar-refractivity contribution is 5.97. The van der Waals surface area contributed by atoms with Gasteiger partial charge in [0.05, 0.1) is 19.1 Å². The summed E-state index contributed by atoms with van der Waals surface area (Å²) in [4.78, 5) is 51.4. The first-order chi connectivity index (χ1) is 22.0. The molecule has 0 bridgehead atoms. The van der Waals surface area contributed by atoms with Crippen molar-refractivity contribution in [1.29, 1.82) is 0 Å². The number of cyclic esters (lactones) is 2. The fraction of sp³-hybridized carbons (Fsp3) is 0.647. The van der Waals surface area contributed by atoms with Crippen molar-refractivity contribution in [3.8, 4) is 11.5 Å². The van der Waals surface area contributed by atoms with E-state index in [2.05, 4.69) is 5.32 Å². The van der Waals surface area contributed by atoms with Crippen LogP contribution in [0.25, 0.3) is 0 Å². The number of amides is 2. The standard InChI is InChI=1S/C34H53N3O10/c1-20(2)23(16-22-10-11-25(44-8)26(17-22)45-15-9-14-43-7)18-24(35)29(40)30-34(21(3)4,47-28(39)13-12-27(38)46-30)32(42)37-19-33(5,6)31(36)41/h10-13,17,20-21,23-24,29-30,40H,9,14-16,18-19,35H2,1-8H3,(H2,36,41)(H,37,42)/b13-12+/t23-,24-,29-,30?,34-/m0/s1. The molecular weight excluding hydrogens is 610 g/mol. The van der Waals surface area contributed by atoms with Crippen LogP contribution in [0.3, 0.4) is 0 Å². The number of carbonyl (C=O) groups is 4. The maximum Gasteiger partial charge on any atom is 0.332 e. The van der Waals surface area contributed by atoms with E-state index in [1.54, 1.807) is 28.1 Å². The number of nitrogens with two attached hydrogens (primary N) is 2. The number of primary amides is 1. The average molecular weight is 664 g/mol. The quantitative estimate of drug-likeness (QED) is 0.132. The summed E-state index contributed by atoms with van der Waals surface area (Å²) >= 11 is 0. The lowest BCUT2D eigenvalue weighted by Crippen LogP contribution is -2.68. The van der Waals surface area contributed by atoms with Crippen molar-refractivity contribution < 1.29 is 48.0 Å². The Bertz CT molecular complexity index is 1260. The van der Waals surface area contributed by atoms with Crippen LogP contribution < -0.4 is 26.3 Å². The zero-order valence-corrected chi connectivity index (χ0v) is 28.9. The van der Waals surface area contributed by atoms with Crippen LogP contribution in [0.15, 0.2) is 30.4 Å². The molecule has 1 heterocycles. The van der Waals surface area contributed by atoms with Gasteiger partial charge in [-0.15, -0.1) is 0 Å². The maximum atomic E-state index is 13.9. The van der Waals surface area contributed by atoms with Gasteiger partial charge in [0.1, 0.15) is 6.10 Å². The zero-order valence-electron chi connectivity index (χ0n) is 28.9. The van der Waals surface area contributed by atoms with Gasteiger partial charge in [0.15, 0.2) is 17.6 Å². The molecule has 0 aliphatic carbocycles. The summed E-state index contributed by atoms with van der Waals surface area (Å²) < 4.78 is 27.9. The van der Waals surface area contributed by atoms with Crippen molar-refractivity contribution in [3.05, 3.63) is 35.9 Å². The summed E-state index contributed by atoms with van der Waals surface area (Å²) in [6, 6.07) is 4.66. The summed E-state index contributed by atoms with van der Waals surface area (Å²) in [7, 11) is 3.20. The summed E-state index contributed by atoms with van der Waals surface area (Å²) in [6.07, 6.45) is -0.0678. The Labute approximate surface area is 277 Å². The van der Waals surface area contributed by atoms with Crippen molar-refractivity contribution in [2.75, 3.05) is 34.0 Å². The lowest BCUT2D eigenvalue weighted by Gasteiger charge is -2.44. The van der Waals surface area contributed by atoms with Crippen LogP contribution in [0.5, 0.6) is 11.5 Å². The van der Waals surface area contributed by atoms with Gasteiger partial charge in [-0.25, -0.2) is 9.59 Å². The minimum atomic E-state index is -2.19. The van der Waals surface area contributed by atoms with Gasteiger partial charge in [-0.1, -0.05) is 33.8 Å². The van der Waals surface area contributed by atoms with E-state index in [9.17, 15) is 24.3 Å². The normalized spacial score (nSPS) is 21.1. The minimum Gasteiger partial charge on any atom is -0.493 e. The second kappa shape index (κ2) is 17.5. The number of nitrogens with one attached hydrogen (secondary N) is 1. The first kappa shape index (κ1) is 39.5. The molecule has 2 amide bonds. The highest BCUT2D eigenvalue weighted by atomic mass is 16.6. The Morgan fingerprint density at radius 2 is 1.72 bits per heavy atom. The fourth-order valence-electron chi connectivity index (χ4n) is 5.33. The zero-order chi connectivity index (χ0) is 35.5. The van der Waals surface area contributed by atoms with Gasteiger partial charge in [0, 0.05) is 50.8 Å². The van der Waals surface area contributed by atoms with E-state index in [0.717, 1.165) is 17.7 Å². The number of hydrogen-bond acceptors (Lipinski definition) is 11. The van der Waals surface area contributed by atoms with Gasteiger partial charge < -0.3 is 45.6 Å². The number of aliphatic hydroxyl groups is 1. The number of benzene rings is 1. The van der Waals surface area contributed by atoms with Crippen molar-refractivity contribution in [1.82, 2.24) is 5.32 Å². The van der Waals surface area contributed by atoms with E-state index in [1.807, 2.05) is 32.0 Å². The molecule has 0 radical (unpaired) electrons. The van der Waals surface area contributed by atoms with Crippen LogP contribution in [-0.4, -0.2) is 86.7 Å². The van der Waals surface area contributed by atoms with E-state index in [4.69, 9.17) is 35.2 Å². The van der Waals surface area contributed by atoms with Crippen LogP contribution in [0.4, 0.5) is 0 Å². The van der Waals surface area contributed by atoms with E-state index >= 15 is 0 Å². The van der Waals surface area contributed by atoms with Crippen molar-refractivity contribution in [3.63, 3.8) is 0 Å². The topological polar surface area (TPSA) is 199 Å². The number of carbonyl (C=O) groups excluding carboxylic acids is 4. The first-order valence-electron chi connectivity index (χ1n) is 15.9. The molecule has 0 fully saturated rings. The highest BCUT2D eigenvalue weighted by Gasteiger charge is 2.58. The Kier molecular flexibility index (Phi) is 14.7. The van der Waals surface area contributed by atoms with E-state index in [1.165, 1.54) is 13.8 Å². The number of rotatable bonds is 18. The molecule has 1 aromatic rings. The molecule has 47 heavy (non-hydrogen) atoms. The van der Waals surface area contributed by atoms with Gasteiger partial charge in [0.2, 0.25) is 11.5 Å². The Morgan fingerprint density at radius 1 is 1.06 bits per heavy atom. The monoisotopic (exact) mass is 663 g/mol. The third kappa shape index (κ3) is 10.4. The van der Waals surface area contributed by atoms with Gasteiger partial charge in [-0.3, -0.25) is 9.59 Å². The van der Waals surface area contributed by atoms with Crippen molar-refractivity contribution in [2.24, 2.45) is 34.6 Å². The van der Waals surface area contributed by atoms with Gasteiger partial charge >= 0.3 is 11.9 Å². The largest absolute Gasteiger partial charge is 0.493 e. The predicted molar refractivity (Wildman–Crippen MR) is 174 cm³/mol. The molecule has 0 saturated carbocycles. The van der Waals surface area contributed by atoms with Crippen LogP contribution in [-0.2, 0) is 39.8 Å². The second-order valence-corrected chi connectivity index (χ2v) is 13.3. The predicted octanol–water partition coefficient (Wildman–Crippen LogP) is 2.05. The molecule has 13 heteroatoms. The molecule has 2 rings (SSSR count).